The van der Waals surface area contributed by atoms with Gasteiger partial charge in [-0.25, -0.2) is 4.98 Å². The predicted octanol–water partition coefficient (Wildman–Crippen LogP) is 4.84. The SMILES string of the molecule is CN(C(=O)Cn1c(CCCCCNC(=O)c2ccccc2)nc2ccccc21)c1ccccc1. The molecule has 2 amide bonds. The van der Waals surface area contributed by atoms with Crippen LogP contribution in [0, 0.1) is 0 Å². The summed E-state index contributed by atoms with van der Waals surface area (Å²) in [4.78, 5) is 31.7. The lowest BCUT2D eigenvalue weighted by molar-refractivity contribution is -0.118. The van der Waals surface area contributed by atoms with E-state index in [0.29, 0.717) is 12.1 Å². The molecule has 1 N–H and O–H groups in total. The smallest absolute Gasteiger partial charge is 0.251 e. The van der Waals surface area contributed by atoms with Crippen LogP contribution in [0.2, 0.25) is 0 Å². The van der Waals surface area contributed by atoms with Gasteiger partial charge < -0.3 is 14.8 Å². The Balaban J connectivity index is 1.34. The van der Waals surface area contributed by atoms with Gasteiger partial charge in [0.2, 0.25) is 5.91 Å². The van der Waals surface area contributed by atoms with Crippen molar-refractivity contribution in [1.82, 2.24) is 14.9 Å². The number of nitrogens with one attached hydrogen (secondary N) is 1. The van der Waals surface area contributed by atoms with Gasteiger partial charge in [-0.3, -0.25) is 9.59 Å². The average molecular weight is 455 g/mol. The summed E-state index contributed by atoms with van der Waals surface area (Å²) in [7, 11) is 1.81. The van der Waals surface area contributed by atoms with Crippen LogP contribution in [0.1, 0.15) is 35.4 Å². The lowest BCUT2D eigenvalue weighted by atomic mass is 10.1. The van der Waals surface area contributed by atoms with E-state index in [1.54, 1.807) is 11.9 Å². The van der Waals surface area contributed by atoms with E-state index < -0.39 is 0 Å². The lowest BCUT2D eigenvalue weighted by Crippen LogP contribution is -2.30. The summed E-state index contributed by atoms with van der Waals surface area (Å²) in [6.07, 6.45) is 3.58. The molecule has 4 aromatic rings. The van der Waals surface area contributed by atoms with E-state index >= 15 is 0 Å². The average Bonchev–Trinajstić information content (AvgIpc) is 3.23. The lowest BCUT2D eigenvalue weighted by Gasteiger charge is -2.18. The number of aryl methyl sites for hydroxylation is 1. The standard InChI is InChI=1S/C28H30N4O2/c1-31(23-15-7-3-8-16-23)27(33)21-32-25-18-11-10-17-24(25)30-26(32)19-9-4-12-20-29-28(34)22-13-5-2-6-14-22/h2-3,5-8,10-11,13-18H,4,9,12,19-21H2,1H3,(H,29,34). The van der Waals surface area contributed by atoms with Gasteiger partial charge in [0, 0.05) is 31.3 Å². The molecule has 1 heterocycles. The number of carbonyl (C=O) groups excluding carboxylic acids is 2. The molecule has 6 nitrogen and oxygen atoms in total. The minimum Gasteiger partial charge on any atom is -0.352 e. The predicted molar refractivity (Wildman–Crippen MR) is 136 cm³/mol. The number of fused-ring (bicyclic) bond motifs is 1. The summed E-state index contributed by atoms with van der Waals surface area (Å²) in [5.41, 5.74) is 3.43. The molecular weight excluding hydrogens is 424 g/mol. The number of unbranched alkanes of at least 4 members (excludes halogenated alkanes) is 2. The van der Waals surface area contributed by atoms with Crippen LogP contribution in [-0.4, -0.2) is 35.0 Å². The quantitative estimate of drug-likeness (QED) is 0.349. The number of imidazole rings is 1. The van der Waals surface area contributed by atoms with Crippen LogP contribution in [-0.2, 0) is 17.8 Å². The fourth-order valence-electron chi connectivity index (χ4n) is 4.01. The second-order valence-electron chi connectivity index (χ2n) is 8.32. The van der Waals surface area contributed by atoms with Crippen molar-refractivity contribution in [1.29, 1.82) is 0 Å². The Morgan fingerprint density at radius 2 is 1.53 bits per heavy atom. The zero-order valence-electron chi connectivity index (χ0n) is 19.5. The first-order valence-electron chi connectivity index (χ1n) is 11.7. The fraction of sp³-hybridized carbons (Fsp3) is 0.250. The minimum absolute atomic E-state index is 0.0132. The summed E-state index contributed by atoms with van der Waals surface area (Å²) in [5.74, 6) is 0.895. The third-order valence-electron chi connectivity index (χ3n) is 5.94. The Morgan fingerprint density at radius 3 is 2.29 bits per heavy atom. The number of amides is 2. The van der Waals surface area contributed by atoms with Gasteiger partial charge in [0.25, 0.3) is 5.91 Å². The highest BCUT2D eigenvalue weighted by Crippen LogP contribution is 2.19. The number of likely N-dealkylation sites (N-methyl/N-ethyl adjacent to an activating group) is 1. The van der Waals surface area contributed by atoms with Gasteiger partial charge in [0.05, 0.1) is 11.0 Å². The zero-order valence-corrected chi connectivity index (χ0v) is 19.5. The third-order valence-corrected chi connectivity index (χ3v) is 5.94. The van der Waals surface area contributed by atoms with Crippen molar-refractivity contribution in [2.24, 2.45) is 0 Å². The van der Waals surface area contributed by atoms with E-state index in [0.717, 1.165) is 48.2 Å². The van der Waals surface area contributed by atoms with Crippen molar-refractivity contribution in [2.45, 2.75) is 32.2 Å². The van der Waals surface area contributed by atoms with Gasteiger partial charge in [-0.1, -0.05) is 55.0 Å². The molecule has 0 bridgehead atoms. The monoisotopic (exact) mass is 454 g/mol. The van der Waals surface area contributed by atoms with Crippen LogP contribution >= 0.6 is 0 Å². The second kappa shape index (κ2) is 11.3. The molecule has 6 heteroatoms. The molecule has 0 aliphatic carbocycles. The van der Waals surface area contributed by atoms with Crippen molar-refractivity contribution < 1.29 is 9.59 Å². The third kappa shape index (κ3) is 5.70. The first-order chi connectivity index (χ1) is 16.6. The summed E-state index contributed by atoms with van der Waals surface area (Å²) < 4.78 is 2.04. The van der Waals surface area contributed by atoms with E-state index in [9.17, 15) is 9.59 Å². The molecule has 34 heavy (non-hydrogen) atoms. The molecule has 3 aromatic carbocycles. The highest BCUT2D eigenvalue weighted by molar-refractivity contribution is 5.94. The fourth-order valence-corrected chi connectivity index (χ4v) is 4.01. The molecule has 0 spiro atoms. The van der Waals surface area contributed by atoms with Crippen LogP contribution in [0.5, 0.6) is 0 Å². The number of hydrogen-bond donors (Lipinski definition) is 1. The summed E-state index contributed by atoms with van der Waals surface area (Å²) in [6.45, 7) is 0.888. The molecule has 0 aliphatic heterocycles. The Kier molecular flexibility index (Phi) is 7.71. The molecule has 1 aromatic heterocycles. The topological polar surface area (TPSA) is 67.2 Å². The van der Waals surface area contributed by atoms with Gasteiger partial charge in [0.1, 0.15) is 12.4 Å². The molecule has 0 aliphatic rings. The molecular formula is C28H30N4O2. The number of para-hydroxylation sites is 3. The van der Waals surface area contributed by atoms with E-state index in [1.165, 1.54) is 0 Å². The normalized spacial score (nSPS) is 10.9. The van der Waals surface area contributed by atoms with Crippen molar-refractivity contribution in [3.63, 3.8) is 0 Å². The number of aromatic nitrogens is 2. The highest BCUT2D eigenvalue weighted by atomic mass is 16.2. The summed E-state index contributed by atoms with van der Waals surface area (Å²) >= 11 is 0. The minimum atomic E-state index is -0.0385. The van der Waals surface area contributed by atoms with Gasteiger partial charge >= 0.3 is 0 Å². The summed E-state index contributed by atoms with van der Waals surface area (Å²) in [5, 5.41) is 2.97. The maximum Gasteiger partial charge on any atom is 0.251 e. The Bertz CT molecular complexity index is 1240. The van der Waals surface area contributed by atoms with Crippen molar-refractivity contribution in [3.05, 3.63) is 96.3 Å². The maximum absolute atomic E-state index is 13.0. The molecule has 174 valence electrons. The van der Waals surface area contributed by atoms with E-state index in [4.69, 9.17) is 4.98 Å². The Labute approximate surface area is 200 Å². The van der Waals surface area contributed by atoms with Crippen LogP contribution in [0.15, 0.2) is 84.9 Å². The number of carbonyl (C=O) groups is 2. The molecule has 0 fully saturated rings. The molecule has 0 unspecified atom stereocenters. The van der Waals surface area contributed by atoms with Gasteiger partial charge in [-0.2, -0.15) is 0 Å². The van der Waals surface area contributed by atoms with Crippen molar-refractivity contribution in [2.75, 3.05) is 18.5 Å². The van der Waals surface area contributed by atoms with Crippen LogP contribution in [0.4, 0.5) is 5.69 Å². The molecule has 0 saturated heterocycles. The van der Waals surface area contributed by atoms with E-state index in [-0.39, 0.29) is 18.4 Å². The van der Waals surface area contributed by atoms with Gasteiger partial charge in [-0.15, -0.1) is 0 Å². The number of hydrogen-bond acceptors (Lipinski definition) is 3. The highest BCUT2D eigenvalue weighted by Gasteiger charge is 2.17. The number of nitrogens with zero attached hydrogens (tertiary/aromatic N) is 3. The largest absolute Gasteiger partial charge is 0.352 e. The van der Waals surface area contributed by atoms with Crippen molar-refractivity contribution in [3.8, 4) is 0 Å². The molecule has 0 radical (unpaired) electrons. The summed E-state index contributed by atoms with van der Waals surface area (Å²) in [6, 6.07) is 26.9. The van der Waals surface area contributed by atoms with Crippen LogP contribution < -0.4 is 10.2 Å². The zero-order chi connectivity index (χ0) is 23.8. The Morgan fingerprint density at radius 1 is 0.853 bits per heavy atom. The number of benzene rings is 3. The molecule has 0 saturated carbocycles. The second-order valence-corrected chi connectivity index (χ2v) is 8.32. The molecule has 4 rings (SSSR count). The van der Waals surface area contributed by atoms with Gasteiger partial charge in [0.15, 0.2) is 0 Å². The van der Waals surface area contributed by atoms with E-state index in [1.807, 2.05) is 89.5 Å². The Hall–Kier alpha value is -3.93. The number of anilines is 1. The van der Waals surface area contributed by atoms with Crippen molar-refractivity contribution >= 4 is 28.5 Å². The van der Waals surface area contributed by atoms with Crippen LogP contribution in [0.25, 0.3) is 11.0 Å². The van der Waals surface area contributed by atoms with Gasteiger partial charge in [-0.05, 0) is 49.2 Å². The maximum atomic E-state index is 13.0. The van der Waals surface area contributed by atoms with Crippen LogP contribution in [0.3, 0.4) is 0 Å². The van der Waals surface area contributed by atoms with E-state index in [2.05, 4.69) is 5.32 Å². The molecule has 0 atom stereocenters. The first kappa shape index (κ1) is 23.2. The first-order valence-corrected chi connectivity index (χ1v) is 11.7. The number of rotatable bonds is 10.